The first kappa shape index (κ1) is 22.1. The van der Waals surface area contributed by atoms with E-state index in [-0.39, 0.29) is 17.0 Å². The van der Waals surface area contributed by atoms with Crippen LogP contribution in [0.5, 0.6) is 5.75 Å². The quantitative estimate of drug-likeness (QED) is 0.384. The summed E-state index contributed by atoms with van der Waals surface area (Å²) in [5, 5.41) is 6.15. The Kier molecular flexibility index (Phi) is 6.69. The summed E-state index contributed by atoms with van der Waals surface area (Å²) in [6.07, 6.45) is 0.745. The lowest BCUT2D eigenvalue weighted by molar-refractivity contribution is 0.0923. The second kappa shape index (κ2) is 9.99. The van der Waals surface area contributed by atoms with Crippen LogP contribution in [-0.2, 0) is 0 Å². The Balaban J connectivity index is 1.37. The average molecular weight is 444 g/mol. The van der Waals surface area contributed by atoms with E-state index in [1.54, 1.807) is 30.3 Å². The average Bonchev–Trinajstić information content (AvgIpc) is 3.09. The van der Waals surface area contributed by atoms with Gasteiger partial charge in [-0.25, -0.2) is 4.90 Å². The molecule has 0 spiro atoms. The van der Waals surface area contributed by atoms with E-state index in [4.69, 9.17) is 4.74 Å². The van der Waals surface area contributed by atoms with Gasteiger partial charge in [0.1, 0.15) is 5.75 Å². The number of nitrogens with zero attached hydrogens (tertiary/aromatic N) is 1. The van der Waals surface area contributed by atoms with Gasteiger partial charge in [0, 0.05) is 24.3 Å². The van der Waals surface area contributed by atoms with Crippen LogP contribution in [0.25, 0.3) is 0 Å². The van der Waals surface area contributed by atoms with Gasteiger partial charge in [-0.3, -0.25) is 14.4 Å². The fraction of sp³-hybridized carbons (Fsp3) is 0.192. The topological polar surface area (TPSA) is 87.7 Å². The van der Waals surface area contributed by atoms with Gasteiger partial charge in [0.05, 0.1) is 23.4 Å². The zero-order valence-electron chi connectivity index (χ0n) is 18.3. The van der Waals surface area contributed by atoms with Crippen LogP contribution < -0.4 is 20.3 Å². The lowest BCUT2D eigenvalue weighted by atomic mass is 10.1. The molecule has 0 saturated carbocycles. The first-order chi connectivity index (χ1) is 16.1. The molecule has 2 N–H and O–H groups in total. The Bertz CT molecular complexity index is 1160. The van der Waals surface area contributed by atoms with Crippen molar-refractivity contribution in [3.05, 3.63) is 89.5 Å². The Hall–Kier alpha value is -4.13. The fourth-order valence-electron chi connectivity index (χ4n) is 3.66. The molecule has 1 aliphatic heterocycles. The number of ether oxygens (including phenoxy) is 1. The maximum atomic E-state index is 13.0. The van der Waals surface area contributed by atoms with Crippen LogP contribution in [0.2, 0.25) is 0 Å². The minimum absolute atomic E-state index is 0.229. The number of imide groups is 1. The number of rotatable bonds is 9. The van der Waals surface area contributed by atoms with Gasteiger partial charge in [-0.2, -0.15) is 0 Å². The summed E-state index contributed by atoms with van der Waals surface area (Å²) in [6.45, 7) is 3.62. The monoisotopic (exact) mass is 443 g/mol. The van der Waals surface area contributed by atoms with Crippen LogP contribution in [0, 0.1) is 0 Å². The SMILES string of the molecule is CCOc1ccc(N2C(=O)c3ccc(C(=O)NCCCNc4ccccc4)cc3C2=O)cc1. The second-order valence-electron chi connectivity index (χ2n) is 7.54. The van der Waals surface area contributed by atoms with Gasteiger partial charge in [0.25, 0.3) is 17.7 Å². The third kappa shape index (κ3) is 4.87. The van der Waals surface area contributed by atoms with E-state index in [0.717, 1.165) is 23.6 Å². The van der Waals surface area contributed by atoms with Crippen molar-refractivity contribution in [3.63, 3.8) is 0 Å². The van der Waals surface area contributed by atoms with Crippen molar-refractivity contribution < 1.29 is 19.1 Å². The van der Waals surface area contributed by atoms with Gasteiger partial charge in [0.2, 0.25) is 0 Å². The summed E-state index contributed by atoms with van der Waals surface area (Å²) < 4.78 is 5.41. The Morgan fingerprint density at radius 2 is 1.61 bits per heavy atom. The van der Waals surface area contributed by atoms with E-state index in [1.165, 1.54) is 12.1 Å². The van der Waals surface area contributed by atoms with Crippen molar-refractivity contribution in [2.75, 3.05) is 29.9 Å². The minimum Gasteiger partial charge on any atom is -0.494 e. The number of hydrogen-bond acceptors (Lipinski definition) is 5. The Morgan fingerprint density at radius 1 is 0.879 bits per heavy atom. The number of carbonyl (C=O) groups is 3. The number of para-hydroxylation sites is 1. The normalized spacial score (nSPS) is 12.5. The number of carbonyl (C=O) groups excluding carboxylic acids is 3. The van der Waals surface area contributed by atoms with Crippen LogP contribution in [0.3, 0.4) is 0 Å². The standard InChI is InChI=1S/C26H25N3O4/c1-2-33-21-12-10-20(11-13-21)29-25(31)22-14-9-18(17-23(22)26(29)32)24(30)28-16-6-15-27-19-7-4-3-5-8-19/h3-5,7-14,17,27H,2,6,15-16H2,1H3,(H,28,30). The van der Waals surface area contributed by atoms with Crippen molar-refractivity contribution in [2.45, 2.75) is 13.3 Å². The van der Waals surface area contributed by atoms with E-state index in [1.807, 2.05) is 37.3 Å². The highest BCUT2D eigenvalue weighted by molar-refractivity contribution is 6.34. The maximum Gasteiger partial charge on any atom is 0.266 e. The minimum atomic E-state index is -0.444. The molecule has 1 aliphatic rings. The predicted molar refractivity (Wildman–Crippen MR) is 127 cm³/mol. The van der Waals surface area contributed by atoms with Gasteiger partial charge in [0.15, 0.2) is 0 Å². The highest BCUT2D eigenvalue weighted by Crippen LogP contribution is 2.30. The molecule has 3 aromatic carbocycles. The summed E-state index contributed by atoms with van der Waals surface area (Å²) in [4.78, 5) is 39.5. The Labute approximate surface area is 192 Å². The number of benzene rings is 3. The van der Waals surface area contributed by atoms with Crippen LogP contribution in [0.4, 0.5) is 11.4 Å². The van der Waals surface area contributed by atoms with Crippen molar-refractivity contribution in [3.8, 4) is 5.75 Å². The van der Waals surface area contributed by atoms with Gasteiger partial charge >= 0.3 is 0 Å². The molecule has 7 nitrogen and oxygen atoms in total. The fourth-order valence-corrected chi connectivity index (χ4v) is 3.66. The molecule has 0 radical (unpaired) electrons. The number of anilines is 2. The molecule has 0 fully saturated rings. The van der Waals surface area contributed by atoms with Gasteiger partial charge in [-0.15, -0.1) is 0 Å². The lowest BCUT2D eigenvalue weighted by Crippen LogP contribution is -2.29. The summed E-state index contributed by atoms with van der Waals surface area (Å²) in [7, 11) is 0. The molecule has 4 rings (SSSR count). The molecular formula is C26H25N3O4. The molecule has 33 heavy (non-hydrogen) atoms. The van der Waals surface area contributed by atoms with Crippen molar-refractivity contribution in [2.24, 2.45) is 0 Å². The smallest absolute Gasteiger partial charge is 0.266 e. The summed E-state index contributed by atoms with van der Waals surface area (Å²) in [5.74, 6) is -0.466. The van der Waals surface area contributed by atoms with Gasteiger partial charge in [-0.05, 0) is 67.9 Å². The molecule has 0 unspecified atom stereocenters. The number of nitrogens with one attached hydrogen (secondary N) is 2. The van der Waals surface area contributed by atoms with Crippen LogP contribution >= 0.6 is 0 Å². The van der Waals surface area contributed by atoms with Crippen LogP contribution in [-0.4, -0.2) is 37.4 Å². The van der Waals surface area contributed by atoms with Crippen molar-refractivity contribution in [1.29, 1.82) is 0 Å². The molecule has 168 valence electrons. The highest BCUT2D eigenvalue weighted by Gasteiger charge is 2.37. The molecule has 0 aliphatic carbocycles. The molecule has 3 aromatic rings. The van der Waals surface area contributed by atoms with E-state index < -0.39 is 11.8 Å². The van der Waals surface area contributed by atoms with E-state index in [2.05, 4.69) is 10.6 Å². The van der Waals surface area contributed by atoms with E-state index in [0.29, 0.717) is 30.2 Å². The van der Waals surface area contributed by atoms with Crippen LogP contribution in [0.1, 0.15) is 44.4 Å². The Morgan fingerprint density at radius 3 is 2.33 bits per heavy atom. The largest absolute Gasteiger partial charge is 0.494 e. The lowest BCUT2D eigenvalue weighted by Gasteiger charge is -2.14. The van der Waals surface area contributed by atoms with E-state index in [9.17, 15) is 14.4 Å². The second-order valence-corrected chi connectivity index (χ2v) is 7.54. The van der Waals surface area contributed by atoms with Gasteiger partial charge < -0.3 is 15.4 Å². The van der Waals surface area contributed by atoms with E-state index >= 15 is 0 Å². The molecular weight excluding hydrogens is 418 g/mol. The van der Waals surface area contributed by atoms with Crippen molar-refractivity contribution in [1.82, 2.24) is 5.32 Å². The maximum absolute atomic E-state index is 13.0. The third-order valence-electron chi connectivity index (χ3n) is 5.30. The summed E-state index contributed by atoms with van der Waals surface area (Å²) in [5.41, 5.74) is 2.36. The molecule has 0 saturated heterocycles. The predicted octanol–water partition coefficient (Wildman–Crippen LogP) is 4.12. The molecule has 3 amide bonds. The molecule has 1 heterocycles. The molecule has 0 atom stereocenters. The first-order valence-corrected chi connectivity index (χ1v) is 10.9. The molecule has 7 heteroatoms. The number of amides is 3. The van der Waals surface area contributed by atoms with Crippen molar-refractivity contribution >= 4 is 29.1 Å². The summed E-state index contributed by atoms with van der Waals surface area (Å²) >= 11 is 0. The first-order valence-electron chi connectivity index (χ1n) is 10.9. The van der Waals surface area contributed by atoms with Crippen LogP contribution in [0.15, 0.2) is 72.8 Å². The number of fused-ring (bicyclic) bond motifs is 1. The molecule has 0 aromatic heterocycles. The zero-order valence-corrected chi connectivity index (χ0v) is 18.3. The highest BCUT2D eigenvalue weighted by atomic mass is 16.5. The molecule has 0 bridgehead atoms. The third-order valence-corrected chi connectivity index (χ3v) is 5.30. The van der Waals surface area contributed by atoms with Gasteiger partial charge in [-0.1, -0.05) is 18.2 Å². The number of hydrogen-bond donors (Lipinski definition) is 2. The summed E-state index contributed by atoms with van der Waals surface area (Å²) in [6, 6.07) is 21.2. The zero-order chi connectivity index (χ0) is 23.2.